The molecule has 0 spiro atoms. The van der Waals surface area contributed by atoms with Gasteiger partial charge in [-0.15, -0.1) is 0 Å². The summed E-state index contributed by atoms with van der Waals surface area (Å²) in [6.45, 7) is 16.3. The molecule has 0 aliphatic rings. The minimum Gasteiger partial charge on any atom is -0.454 e. The normalized spacial score (nSPS) is 11.9. The standard InChI is InChI=1S/3C10H21O.Al/c3*1-10(2)8-6-4-3-5-7-9-11;/h3*10H,3-9H2,1-2H3;/q3*-1;+3. The van der Waals surface area contributed by atoms with Crippen LogP contribution in [0.25, 0.3) is 0 Å². The molecular weight excluding hydrogens is 435 g/mol. The fourth-order valence-electron chi connectivity index (χ4n) is 4.24. The Labute approximate surface area is 220 Å². The number of hydrogen-bond donors (Lipinski definition) is 0. The first-order valence-electron chi connectivity index (χ1n) is 15.3. The molecule has 0 aliphatic carbocycles. The van der Waals surface area contributed by atoms with Gasteiger partial charge in [-0.05, 0) is 37.0 Å². The molecule has 0 aromatic heterocycles. The maximum absolute atomic E-state index is 6.12. The second-order valence-electron chi connectivity index (χ2n) is 11.8. The Morgan fingerprint density at radius 2 is 0.588 bits per heavy atom. The van der Waals surface area contributed by atoms with Gasteiger partial charge < -0.3 is 11.4 Å². The van der Waals surface area contributed by atoms with Gasteiger partial charge in [0.05, 0.1) is 0 Å². The van der Waals surface area contributed by atoms with Crippen LogP contribution in [0.2, 0.25) is 0 Å². The number of rotatable bonds is 27. The summed E-state index contributed by atoms with van der Waals surface area (Å²) in [7, 11) is 0. The van der Waals surface area contributed by atoms with Crippen molar-refractivity contribution in [1.82, 2.24) is 0 Å². The van der Waals surface area contributed by atoms with E-state index in [4.69, 9.17) is 11.4 Å². The topological polar surface area (TPSA) is 27.7 Å². The van der Waals surface area contributed by atoms with Gasteiger partial charge in [0, 0.05) is 19.8 Å². The van der Waals surface area contributed by atoms with E-state index < -0.39 is 15.1 Å². The predicted molar refractivity (Wildman–Crippen MR) is 151 cm³/mol. The molecule has 0 fully saturated rings. The first-order valence-corrected chi connectivity index (χ1v) is 16.7. The molecule has 0 bridgehead atoms. The average molecular weight is 499 g/mol. The first-order chi connectivity index (χ1) is 16.4. The van der Waals surface area contributed by atoms with Crippen LogP contribution in [0.4, 0.5) is 0 Å². The second kappa shape index (κ2) is 26.5. The summed E-state index contributed by atoms with van der Waals surface area (Å²) in [6.07, 6.45) is 23.5. The molecule has 0 amide bonds. The third-order valence-electron chi connectivity index (χ3n) is 6.54. The van der Waals surface area contributed by atoms with Crippen LogP contribution in [0.15, 0.2) is 0 Å². The molecule has 0 heterocycles. The van der Waals surface area contributed by atoms with E-state index in [-0.39, 0.29) is 0 Å². The smallest absolute Gasteiger partial charge is 0.454 e. The summed E-state index contributed by atoms with van der Waals surface area (Å²) in [5.74, 6) is 2.51. The predicted octanol–water partition coefficient (Wildman–Crippen LogP) is 10.0. The molecule has 0 aromatic carbocycles. The molecule has 0 rings (SSSR count). The fraction of sp³-hybridized carbons (Fsp3) is 1.00. The number of hydrogen-bond acceptors (Lipinski definition) is 3. The molecule has 0 radical (unpaired) electrons. The van der Waals surface area contributed by atoms with E-state index in [0.717, 1.165) is 56.8 Å². The highest BCUT2D eigenvalue weighted by Crippen LogP contribution is 2.13. The Hall–Kier alpha value is 0.412. The highest BCUT2D eigenvalue weighted by Gasteiger charge is 2.30. The van der Waals surface area contributed by atoms with Gasteiger partial charge in [0.2, 0.25) is 0 Å². The summed E-state index contributed by atoms with van der Waals surface area (Å²) >= 11 is -1.97. The minimum atomic E-state index is -1.97. The van der Waals surface area contributed by atoms with E-state index in [1.54, 1.807) is 0 Å². The van der Waals surface area contributed by atoms with Crippen LogP contribution in [0, 0.1) is 17.8 Å². The molecular formula is C30H63AlO3. The molecule has 0 atom stereocenters. The van der Waals surface area contributed by atoms with Gasteiger partial charge in [0.15, 0.2) is 0 Å². The van der Waals surface area contributed by atoms with E-state index >= 15 is 0 Å². The fourth-order valence-corrected chi connectivity index (χ4v) is 5.60. The van der Waals surface area contributed by atoms with Crippen LogP contribution in [0.3, 0.4) is 0 Å². The summed E-state index contributed by atoms with van der Waals surface area (Å²) in [4.78, 5) is 0. The molecule has 204 valence electrons. The van der Waals surface area contributed by atoms with Crippen molar-refractivity contribution in [2.45, 2.75) is 157 Å². The van der Waals surface area contributed by atoms with Crippen molar-refractivity contribution >= 4 is 15.1 Å². The monoisotopic (exact) mass is 498 g/mol. The third-order valence-corrected chi connectivity index (χ3v) is 8.06. The van der Waals surface area contributed by atoms with Gasteiger partial charge >= 0.3 is 15.1 Å². The van der Waals surface area contributed by atoms with Crippen LogP contribution in [0.5, 0.6) is 0 Å². The van der Waals surface area contributed by atoms with Gasteiger partial charge in [-0.1, -0.05) is 138 Å². The highest BCUT2D eigenvalue weighted by molar-refractivity contribution is 6.36. The molecule has 0 saturated heterocycles. The lowest BCUT2D eigenvalue weighted by Crippen LogP contribution is -2.28. The summed E-state index contributed by atoms with van der Waals surface area (Å²) in [5.41, 5.74) is 0. The van der Waals surface area contributed by atoms with E-state index in [1.807, 2.05) is 0 Å². The summed E-state index contributed by atoms with van der Waals surface area (Å²) in [6, 6.07) is 0. The van der Waals surface area contributed by atoms with Gasteiger partial charge in [0.1, 0.15) is 0 Å². The molecule has 34 heavy (non-hydrogen) atoms. The average Bonchev–Trinajstić information content (AvgIpc) is 2.77. The van der Waals surface area contributed by atoms with Crippen LogP contribution in [-0.2, 0) is 11.4 Å². The zero-order chi connectivity index (χ0) is 25.3. The summed E-state index contributed by atoms with van der Waals surface area (Å²) < 4.78 is 18.4. The zero-order valence-corrected chi connectivity index (χ0v) is 25.5. The Balaban J connectivity index is 3.91. The molecule has 3 nitrogen and oxygen atoms in total. The van der Waals surface area contributed by atoms with E-state index in [1.165, 1.54) is 96.3 Å². The lowest BCUT2D eigenvalue weighted by molar-refractivity contribution is 0.0885. The Morgan fingerprint density at radius 3 is 0.853 bits per heavy atom. The van der Waals surface area contributed by atoms with Crippen LogP contribution >= 0.6 is 0 Å². The molecule has 0 aromatic rings. The minimum absolute atomic E-state index is 0.811. The van der Waals surface area contributed by atoms with Crippen molar-refractivity contribution in [3.63, 3.8) is 0 Å². The Kier molecular flexibility index (Phi) is 26.8. The maximum Gasteiger partial charge on any atom is 0.905 e. The third kappa shape index (κ3) is 28.6. The van der Waals surface area contributed by atoms with Crippen molar-refractivity contribution in [3.05, 3.63) is 0 Å². The van der Waals surface area contributed by atoms with Gasteiger partial charge in [0.25, 0.3) is 0 Å². The second-order valence-corrected chi connectivity index (χ2v) is 13.3. The molecule has 0 aliphatic heterocycles. The van der Waals surface area contributed by atoms with E-state index in [9.17, 15) is 0 Å². The van der Waals surface area contributed by atoms with Gasteiger partial charge in [-0.2, -0.15) is 0 Å². The lowest BCUT2D eigenvalue weighted by atomic mass is 10.0. The van der Waals surface area contributed by atoms with Gasteiger partial charge in [-0.25, -0.2) is 0 Å². The van der Waals surface area contributed by atoms with Crippen LogP contribution in [-0.4, -0.2) is 35.0 Å². The lowest BCUT2D eigenvalue weighted by Gasteiger charge is -2.14. The van der Waals surface area contributed by atoms with Crippen molar-refractivity contribution in [3.8, 4) is 0 Å². The molecule has 4 heteroatoms. The van der Waals surface area contributed by atoms with Crippen molar-refractivity contribution in [2.24, 2.45) is 17.8 Å². The van der Waals surface area contributed by atoms with Crippen molar-refractivity contribution in [2.75, 3.05) is 19.8 Å². The first kappa shape index (κ1) is 34.4. The maximum atomic E-state index is 6.12. The Morgan fingerprint density at radius 1 is 0.353 bits per heavy atom. The molecule has 0 N–H and O–H groups in total. The molecule has 0 saturated carbocycles. The van der Waals surface area contributed by atoms with Crippen molar-refractivity contribution in [1.29, 1.82) is 0 Å². The highest BCUT2D eigenvalue weighted by atomic mass is 27.3. The van der Waals surface area contributed by atoms with E-state index in [0.29, 0.717) is 0 Å². The largest absolute Gasteiger partial charge is 0.905 e. The zero-order valence-electron chi connectivity index (χ0n) is 24.4. The summed E-state index contributed by atoms with van der Waals surface area (Å²) in [5, 5.41) is 0. The van der Waals surface area contributed by atoms with Gasteiger partial charge in [-0.3, -0.25) is 0 Å². The number of unbranched alkanes of at least 4 members (excludes halogenated alkanes) is 12. The van der Waals surface area contributed by atoms with Crippen LogP contribution in [0.1, 0.15) is 157 Å². The Bertz CT molecular complexity index is 330. The van der Waals surface area contributed by atoms with E-state index in [2.05, 4.69) is 41.5 Å². The SMILES string of the molecule is CC(C)CCCCCCC[O][Al]([O]CCCCCCCC(C)C)[O]CCCCCCCC(C)C. The van der Waals surface area contributed by atoms with Crippen molar-refractivity contribution < 1.29 is 11.4 Å². The molecule has 0 unspecified atom stereocenters. The van der Waals surface area contributed by atoms with Crippen LogP contribution < -0.4 is 0 Å². The quantitative estimate of drug-likeness (QED) is 0.0832.